The summed E-state index contributed by atoms with van der Waals surface area (Å²) in [5.74, 6) is -0.491. The Labute approximate surface area is 229 Å². The van der Waals surface area contributed by atoms with Crippen molar-refractivity contribution in [3.63, 3.8) is 0 Å². The summed E-state index contributed by atoms with van der Waals surface area (Å²) < 4.78 is 29.6. The molecule has 0 saturated carbocycles. The van der Waals surface area contributed by atoms with Crippen LogP contribution in [0.5, 0.6) is 0 Å². The lowest BCUT2D eigenvalue weighted by atomic mass is 10.0. The topological polar surface area (TPSA) is 81.6 Å². The number of nitrogens with zero attached hydrogens (tertiary/aromatic N) is 6. The first-order chi connectivity index (χ1) is 18.9. The van der Waals surface area contributed by atoms with Gasteiger partial charge in [-0.2, -0.15) is 0 Å². The van der Waals surface area contributed by atoms with E-state index in [1.807, 2.05) is 25.4 Å². The van der Waals surface area contributed by atoms with Gasteiger partial charge in [0.2, 0.25) is 5.95 Å². The zero-order valence-corrected chi connectivity index (χ0v) is 23.1. The summed E-state index contributed by atoms with van der Waals surface area (Å²) in [7, 11) is 6.20. The first kappa shape index (κ1) is 28.7. The maximum atomic E-state index is 14.8. The Hall–Kier alpha value is -3.34. The number of pyridine rings is 1. The zero-order valence-electron chi connectivity index (χ0n) is 23.1. The quantitative estimate of drug-likeness (QED) is 0.265. The van der Waals surface area contributed by atoms with E-state index in [1.165, 1.54) is 25.3 Å². The molecule has 8 nitrogen and oxygen atoms in total. The fraction of sp³-hybridized carbons (Fsp3) is 0.448. The van der Waals surface area contributed by atoms with Gasteiger partial charge in [-0.3, -0.25) is 9.89 Å². The van der Waals surface area contributed by atoms with E-state index in [1.54, 1.807) is 6.07 Å². The molecule has 0 radical (unpaired) electrons. The second-order valence-corrected chi connectivity index (χ2v) is 10.2. The average molecular weight is 537 g/mol. The Morgan fingerprint density at radius 2 is 2.00 bits per heavy atom. The predicted octanol–water partition coefficient (Wildman–Crippen LogP) is 4.96. The van der Waals surface area contributed by atoms with Crippen LogP contribution in [0.4, 0.5) is 26.2 Å². The predicted molar refractivity (Wildman–Crippen MR) is 153 cm³/mol. The number of likely N-dealkylation sites (tertiary alicyclic amines) is 1. The Morgan fingerprint density at radius 3 is 2.74 bits per heavy atom. The highest BCUT2D eigenvalue weighted by Gasteiger charge is 2.20. The van der Waals surface area contributed by atoms with Gasteiger partial charge in [-0.15, -0.1) is 0 Å². The Kier molecular flexibility index (Phi) is 10.0. The van der Waals surface area contributed by atoms with Crippen LogP contribution in [-0.2, 0) is 13.0 Å². The second kappa shape index (κ2) is 13.6. The van der Waals surface area contributed by atoms with Gasteiger partial charge in [-0.1, -0.05) is 12.5 Å². The van der Waals surface area contributed by atoms with Crippen molar-refractivity contribution in [2.24, 2.45) is 4.99 Å². The molecule has 4 rings (SSSR count). The SMILES string of the molecule is C=Nc1c(F)cc(-c2nc(Nc3ccc(CN(C)C4CCCCN(C)C4)cn3)ncc2F)cc1CCCNC. The van der Waals surface area contributed by atoms with Gasteiger partial charge < -0.3 is 15.5 Å². The lowest BCUT2D eigenvalue weighted by Gasteiger charge is -2.29. The molecule has 3 heterocycles. The van der Waals surface area contributed by atoms with Gasteiger partial charge >= 0.3 is 0 Å². The van der Waals surface area contributed by atoms with Gasteiger partial charge in [-0.05, 0) is 96.0 Å². The van der Waals surface area contributed by atoms with Crippen LogP contribution in [0.1, 0.15) is 36.8 Å². The van der Waals surface area contributed by atoms with Crippen molar-refractivity contribution in [3.8, 4) is 11.3 Å². The number of halogens is 2. The standard InChI is InChI=1S/C29H38F2N8/c1-32-12-7-8-21-14-22(15-24(30)27(21)33-2)28-25(31)17-35-29(37-28)36-26-11-10-20(16-34-26)18-39(4)23-9-5-6-13-38(3)19-23/h10-11,14-17,23,32H,2,5-9,12-13,18-19H2,1,3-4H3,(H,34,35,36,37). The van der Waals surface area contributed by atoms with Crippen LogP contribution < -0.4 is 10.6 Å². The minimum atomic E-state index is -0.643. The lowest BCUT2D eigenvalue weighted by Crippen LogP contribution is -2.39. The first-order valence-corrected chi connectivity index (χ1v) is 13.4. The summed E-state index contributed by atoms with van der Waals surface area (Å²) in [5.41, 5.74) is 2.26. The molecule has 0 bridgehead atoms. The summed E-state index contributed by atoms with van der Waals surface area (Å²) in [4.78, 5) is 21.6. The largest absolute Gasteiger partial charge is 0.320 e. The normalized spacial score (nSPS) is 16.3. The van der Waals surface area contributed by atoms with E-state index in [4.69, 9.17) is 0 Å². The molecule has 1 aromatic carbocycles. The third kappa shape index (κ3) is 7.62. The highest BCUT2D eigenvalue weighted by atomic mass is 19.1. The molecule has 39 heavy (non-hydrogen) atoms. The van der Waals surface area contributed by atoms with Crippen LogP contribution in [0.2, 0.25) is 0 Å². The molecule has 0 aliphatic carbocycles. The van der Waals surface area contributed by atoms with E-state index in [0.717, 1.165) is 44.4 Å². The number of nitrogens with one attached hydrogen (secondary N) is 2. The van der Waals surface area contributed by atoms with Gasteiger partial charge in [0, 0.05) is 30.9 Å². The minimum absolute atomic E-state index is 0.00323. The highest BCUT2D eigenvalue weighted by Crippen LogP contribution is 2.31. The minimum Gasteiger partial charge on any atom is -0.320 e. The molecule has 10 heteroatoms. The third-order valence-corrected chi connectivity index (χ3v) is 7.16. The van der Waals surface area contributed by atoms with Crippen LogP contribution in [0.15, 0.2) is 41.7 Å². The molecule has 1 unspecified atom stereocenters. The molecular formula is C29H38F2N8. The van der Waals surface area contributed by atoms with Crippen LogP contribution in [-0.4, -0.2) is 78.3 Å². The van der Waals surface area contributed by atoms with Crippen LogP contribution in [0.3, 0.4) is 0 Å². The van der Waals surface area contributed by atoms with Crippen molar-refractivity contribution in [2.75, 3.05) is 46.1 Å². The molecular weight excluding hydrogens is 498 g/mol. The van der Waals surface area contributed by atoms with Crippen molar-refractivity contribution in [3.05, 3.63) is 59.4 Å². The molecule has 1 aliphatic rings. The number of rotatable bonds is 11. The molecule has 1 saturated heterocycles. The molecule has 208 valence electrons. The summed E-state index contributed by atoms with van der Waals surface area (Å²) >= 11 is 0. The summed E-state index contributed by atoms with van der Waals surface area (Å²) in [5, 5.41) is 6.11. The van der Waals surface area contributed by atoms with Gasteiger partial charge in [0.15, 0.2) is 5.82 Å². The number of hydrogen-bond donors (Lipinski definition) is 2. The van der Waals surface area contributed by atoms with Gasteiger partial charge in [-0.25, -0.2) is 23.7 Å². The Bertz CT molecular complexity index is 1250. The number of aromatic nitrogens is 3. The van der Waals surface area contributed by atoms with Gasteiger partial charge in [0.05, 0.1) is 6.20 Å². The van der Waals surface area contributed by atoms with Crippen molar-refractivity contribution in [2.45, 2.75) is 44.7 Å². The van der Waals surface area contributed by atoms with E-state index in [9.17, 15) is 8.78 Å². The van der Waals surface area contributed by atoms with E-state index in [0.29, 0.717) is 29.4 Å². The van der Waals surface area contributed by atoms with E-state index in [-0.39, 0.29) is 17.3 Å². The molecule has 1 aliphatic heterocycles. The number of benzene rings is 1. The average Bonchev–Trinajstić information content (AvgIpc) is 3.15. The first-order valence-electron chi connectivity index (χ1n) is 13.4. The summed E-state index contributed by atoms with van der Waals surface area (Å²) in [6.07, 6.45) is 7.95. The lowest BCUT2D eigenvalue weighted by molar-refractivity contribution is 0.182. The zero-order chi connectivity index (χ0) is 27.8. The summed E-state index contributed by atoms with van der Waals surface area (Å²) in [6.45, 7) is 7.28. The number of likely N-dealkylation sites (N-methyl/N-ethyl adjacent to an activating group) is 2. The van der Waals surface area contributed by atoms with E-state index < -0.39 is 11.6 Å². The van der Waals surface area contributed by atoms with Gasteiger partial charge in [0.25, 0.3) is 0 Å². The molecule has 2 aromatic heterocycles. The van der Waals surface area contributed by atoms with Crippen molar-refractivity contribution in [1.29, 1.82) is 0 Å². The van der Waals surface area contributed by atoms with E-state index >= 15 is 0 Å². The molecule has 1 fully saturated rings. The molecule has 0 spiro atoms. The Morgan fingerprint density at radius 1 is 1.15 bits per heavy atom. The Balaban J connectivity index is 1.47. The van der Waals surface area contributed by atoms with Gasteiger partial charge in [0.1, 0.15) is 23.0 Å². The number of anilines is 2. The van der Waals surface area contributed by atoms with Crippen molar-refractivity contribution >= 4 is 24.2 Å². The second-order valence-electron chi connectivity index (χ2n) is 10.2. The highest BCUT2D eigenvalue weighted by molar-refractivity contribution is 5.68. The summed E-state index contributed by atoms with van der Waals surface area (Å²) in [6, 6.07) is 7.35. The number of hydrogen-bond acceptors (Lipinski definition) is 8. The smallest absolute Gasteiger partial charge is 0.229 e. The van der Waals surface area contributed by atoms with Crippen LogP contribution in [0, 0.1) is 11.6 Å². The number of aliphatic imine (C=N–C) groups is 1. The van der Waals surface area contributed by atoms with Crippen LogP contribution in [0.25, 0.3) is 11.3 Å². The molecule has 1 atom stereocenters. The molecule has 2 N–H and O–H groups in total. The van der Waals surface area contributed by atoms with Crippen molar-refractivity contribution < 1.29 is 8.78 Å². The maximum absolute atomic E-state index is 14.8. The monoisotopic (exact) mass is 536 g/mol. The maximum Gasteiger partial charge on any atom is 0.229 e. The van der Waals surface area contributed by atoms with Crippen LogP contribution >= 0.6 is 0 Å². The van der Waals surface area contributed by atoms with E-state index in [2.05, 4.69) is 61.2 Å². The molecule has 3 aromatic rings. The third-order valence-electron chi connectivity index (χ3n) is 7.16. The van der Waals surface area contributed by atoms with Crippen molar-refractivity contribution in [1.82, 2.24) is 30.1 Å². The molecule has 0 amide bonds. The fourth-order valence-electron chi connectivity index (χ4n) is 5.03. The fourth-order valence-corrected chi connectivity index (χ4v) is 5.03. The number of aryl methyl sites for hydroxylation is 1.